The van der Waals surface area contributed by atoms with E-state index in [1.165, 1.54) is 6.92 Å². The molecule has 0 saturated carbocycles. The molecule has 1 fully saturated rings. The van der Waals surface area contributed by atoms with E-state index in [0.29, 0.717) is 23.7 Å². The van der Waals surface area contributed by atoms with Gasteiger partial charge in [0.15, 0.2) is 0 Å². The van der Waals surface area contributed by atoms with Gasteiger partial charge in [0.1, 0.15) is 6.04 Å². The highest BCUT2D eigenvalue weighted by molar-refractivity contribution is 7.97. The molecular formula is C16H21ClN2O2S. The van der Waals surface area contributed by atoms with Crippen molar-refractivity contribution in [2.24, 2.45) is 0 Å². The molecule has 1 aromatic carbocycles. The molecular weight excluding hydrogens is 320 g/mol. The molecule has 0 spiro atoms. The molecule has 1 saturated heterocycles. The van der Waals surface area contributed by atoms with Crippen LogP contribution < -0.4 is 5.32 Å². The topological polar surface area (TPSA) is 49.4 Å². The zero-order valence-corrected chi connectivity index (χ0v) is 14.5. The fourth-order valence-corrected chi connectivity index (χ4v) is 3.40. The van der Waals surface area contributed by atoms with Gasteiger partial charge in [-0.3, -0.25) is 9.59 Å². The molecule has 1 atom stereocenters. The molecule has 22 heavy (non-hydrogen) atoms. The number of benzene rings is 1. The molecule has 0 radical (unpaired) electrons. The molecule has 1 aliphatic heterocycles. The van der Waals surface area contributed by atoms with E-state index in [1.54, 1.807) is 22.7 Å². The third-order valence-corrected chi connectivity index (χ3v) is 4.76. The van der Waals surface area contributed by atoms with Gasteiger partial charge in [-0.1, -0.05) is 17.7 Å². The Hall–Kier alpha value is -1.20. The predicted molar refractivity (Wildman–Crippen MR) is 92.3 cm³/mol. The first-order valence-corrected chi connectivity index (χ1v) is 9.15. The Balaban J connectivity index is 2.13. The van der Waals surface area contributed by atoms with Crippen molar-refractivity contribution in [3.8, 4) is 0 Å². The summed E-state index contributed by atoms with van der Waals surface area (Å²) in [6, 6.07) is 5.26. The minimum atomic E-state index is -0.397. The zero-order chi connectivity index (χ0) is 16.1. The number of hydrogen-bond acceptors (Lipinski definition) is 3. The summed E-state index contributed by atoms with van der Waals surface area (Å²) in [6.07, 6.45) is 4.64. The highest BCUT2D eigenvalue weighted by atomic mass is 35.5. The van der Waals surface area contributed by atoms with E-state index >= 15 is 0 Å². The van der Waals surface area contributed by atoms with Crippen molar-refractivity contribution < 1.29 is 9.59 Å². The zero-order valence-electron chi connectivity index (χ0n) is 12.9. The molecule has 120 valence electrons. The monoisotopic (exact) mass is 340 g/mol. The summed E-state index contributed by atoms with van der Waals surface area (Å²) in [6.45, 7) is 2.16. The number of rotatable bonds is 4. The van der Waals surface area contributed by atoms with Crippen molar-refractivity contribution in [3.05, 3.63) is 28.8 Å². The Bertz CT molecular complexity index is 565. The molecule has 1 aromatic rings. The molecule has 2 rings (SSSR count). The van der Waals surface area contributed by atoms with Gasteiger partial charge in [-0.25, -0.2) is 0 Å². The minimum absolute atomic E-state index is 0.0536. The molecule has 2 amide bonds. The Labute approximate surface area is 140 Å². The van der Waals surface area contributed by atoms with E-state index in [1.807, 2.05) is 18.4 Å². The lowest BCUT2D eigenvalue weighted by Crippen LogP contribution is -2.49. The molecule has 0 unspecified atom stereocenters. The van der Waals surface area contributed by atoms with E-state index in [2.05, 4.69) is 5.32 Å². The molecule has 6 heteroatoms. The number of piperidine rings is 1. The van der Waals surface area contributed by atoms with Gasteiger partial charge in [0.2, 0.25) is 11.8 Å². The number of halogens is 1. The number of nitrogens with one attached hydrogen (secondary N) is 1. The third kappa shape index (κ3) is 4.17. The molecule has 0 bridgehead atoms. The van der Waals surface area contributed by atoms with Crippen molar-refractivity contribution in [2.45, 2.75) is 38.0 Å². The number of likely N-dealkylation sites (tertiary alicyclic amines) is 1. The van der Waals surface area contributed by atoms with Crippen LogP contribution in [0.25, 0.3) is 0 Å². The lowest BCUT2D eigenvalue weighted by molar-refractivity contribution is -0.138. The maximum absolute atomic E-state index is 12.5. The summed E-state index contributed by atoms with van der Waals surface area (Å²) in [7, 11) is 0. The normalized spacial score (nSPS) is 18.1. The van der Waals surface area contributed by atoms with Crippen molar-refractivity contribution in [1.82, 2.24) is 4.90 Å². The molecule has 1 aliphatic rings. The lowest BCUT2D eigenvalue weighted by atomic mass is 10.0. The Morgan fingerprint density at radius 2 is 2.18 bits per heavy atom. The summed E-state index contributed by atoms with van der Waals surface area (Å²) in [5.74, 6) is 0.656. The van der Waals surface area contributed by atoms with Crippen LogP contribution >= 0.6 is 23.4 Å². The van der Waals surface area contributed by atoms with Gasteiger partial charge in [0, 0.05) is 19.2 Å². The van der Waals surface area contributed by atoms with E-state index in [-0.39, 0.29) is 11.8 Å². The van der Waals surface area contributed by atoms with Gasteiger partial charge in [0.25, 0.3) is 0 Å². The maximum Gasteiger partial charge on any atom is 0.247 e. The number of nitrogens with zero attached hydrogens (tertiary/aromatic N) is 1. The van der Waals surface area contributed by atoms with Crippen LogP contribution in [0, 0.1) is 0 Å². The third-order valence-electron chi connectivity index (χ3n) is 3.81. The van der Waals surface area contributed by atoms with Gasteiger partial charge in [-0.15, -0.1) is 0 Å². The quantitative estimate of drug-likeness (QED) is 0.912. The van der Waals surface area contributed by atoms with Crippen LogP contribution in [0.5, 0.6) is 0 Å². The van der Waals surface area contributed by atoms with Gasteiger partial charge >= 0.3 is 0 Å². The van der Waals surface area contributed by atoms with Gasteiger partial charge in [-0.2, -0.15) is 11.8 Å². The van der Waals surface area contributed by atoms with Crippen LogP contribution in [0.4, 0.5) is 5.69 Å². The Kier molecular flexibility index (Phi) is 6.15. The Morgan fingerprint density at radius 3 is 2.86 bits per heavy atom. The van der Waals surface area contributed by atoms with E-state index < -0.39 is 6.04 Å². The number of thioether (sulfide) groups is 1. The number of hydrogen-bond donors (Lipinski definition) is 1. The molecule has 0 aliphatic carbocycles. The Morgan fingerprint density at radius 1 is 1.41 bits per heavy atom. The maximum atomic E-state index is 12.5. The highest BCUT2D eigenvalue weighted by Crippen LogP contribution is 2.26. The average Bonchev–Trinajstić information content (AvgIpc) is 2.50. The summed E-state index contributed by atoms with van der Waals surface area (Å²) in [5, 5.41) is 3.41. The standard InChI is InChI=1S/C16H21ClN2O2S/c1-11(20)19-8-4-3-5-15(19)16(21)18-14-9-12(10-22-2)6-7-13(14)17/h6-7,9,15H,3-5,8,10H2,1-2H3,(H,18,21)/t15-/m1/s1. The van der Waals surface area contributed by atoms with Crippen molar-refractivity contribution in [2.75, 3.05) is 18.1 Å². The van der Waals surface area contributed by atoms with Crippen LogP contribution in [0.3, 0.4) is 0 Å². The number of carbonyl (C=O) groups excluding carboxylic acids is 2. The van der Waals surface area contributed by atoms with Crippen molar-refractivity contribution in [1.29, 1.82) is 0 Å². The van der Waals surface area contributed by atoms with Crippen LogP contribution in [0.15, 0.2) is 18.2 Å². The second-order valence-electron chi connectivity index (χ2n) is 5.46. The van der Waals surface area contributed by atoms with Gasteiger partial charge < -0.3 is 10.2 Å². The molecule has 1 heterocycles. The first-order chi connectivity index (χ1) is 10.5. The second-order valence-corrected chi connectivity index (χ2v) is 6.73. The summed E-state index contributed by atoms with van der Waals surface area (Å²) >= 11 is 7.89. The SMILES string of the molecule is CSCc1ccc(Cl)c(NC(=O)[C@H]2CCCCN2C(C)=O)c1. The first kappa shape index (κ1) is 17.2. The van der Waals surface area contributed by atoms with Crippen molar-refractivity contribution >= 4 is 40.9 Å². The van der Waals surface area contributed by atoms with E-state index in [4.69, 9.17) is 11.6 Å². The summed E-state index contributed by atoms with van der Waals surface area (Å²) in [5.41, 5.74) is 1.73. The fraction of sp³-hybridized carbons (Fsp3) is 0.500. The van der Waals surface area contributed by atoms with Gasteiger partial charge in [-0.05, 0) is 43.2 Å². The van der Waals surface area contributed by atoms with Crippen LogP contribution in [0.2, 0.25) is 5.02 Å². The smallest absolute Gasteiger partial charge is 0.247 e. The highest BCUT2D eigenvalue weighted by Gasteiger charge is 2.30. The van der Waals surface area contributed by atoms with E-state index in [0.717, 1.165) is 24.2 Å². The van der Waals surface area contributed by atoms with Gasteiger partial charge in [0.05, 0.1) is 10.7 Å². The number of anilines is 1. The van der Waals surface area contributed by atoms with E-state index in [9.17, 15) is 9.59 Å². The largest absolute Gasteiger partial charge is 0.331 e. The van der Waals surface area contributed by atoms with Crippen LogP contribution in [-0.2, 0) is 15.3 Å². The molecule has 0 aromatic heterocycles. The minimum Gasteiger partial charge on any atom is -0.331 e. The summed E-state index contributed by atoms with van der Waals surface area (Å²) in [4.78, 5) is 25.9. The molecule has 1 N–H and O–H groups in total. The van der Waals surface area contributed by atoms with Crippen LogP contribution in [-0.4, -0.2) is 35.6 Å². The molecule has 4 nitrogen and oxygen atoms in total. The fourth-order valence-electron chi connectivity index (χ4n) is 2.72. The second kappa shape index (κ2) is 7.88. The number of amides is 2. The summed E-state index contributed by atoms with van der Waals surface area (Å²) < 4.78 is 0. The average molecular weight is 341 g/mol. The predicted octanol–water partition coefficient (Wildman–Crippen LogP) is 3.54. The van der Waals surface area contributed by atoms with Crippen molar-refractivity contribution in [3.63, 3.8) is 0 Å². The lowest BCUT2D eigenvalue weighted by Gasteiger charge is -2.34. The first-order valence-electron chi connectivity index (χ1n) is 7.38. The number of carbonyl (C=O) groups is 2. The van der Waals surface area contributed by atoms with Crippen LogP contribution in [0.1, 0.15) is 31.7 Å².